The zero-order valence-electron chi connectivity index (χ0n) is 19.2. The van der Waals surface area contributed by atoms with Gasteiger partial charge in [0.15, 0.2) is 17.4 Å². The summed E-state index contributed by atoms with van der Waals surface area (Å²) in [6.45, 7) is -1.13. The van der Waals surface area contributed by atoms with Gasteiger partial charge in [-0.1, -0.05) is 24.3 Å². The van der Waals surface area contributed by atoms with Crippen molar-refractivity contribution in [1.29, 1.82) is 5.41 Å². The van der Waals surface area contributed by atoms with Crippen molar-refractivity contribution in [2.45, 2.75) is 12.3 Å². The maximum Gasteiger partial charge on any atom is 0.349 e. The summed E-state index contributed by atoms with van der Waals surface area (Å²) in [5.74, 6) is -1.18. The van der Waals surface area contributed by atoms with Gasteiger partial charge in [-0.25, -0.2) is 18.6 Å². The standard InChI is InChI=1S/C24H23F2N7O3/c1-35-16-11-17(21(26)19(12-16)36-9-6-25)18(10-14-2-4-15(5-3-14)22(27)28)23-31-24(34)33(32-23)20-13-29-7-8-30-20/h2-5,7-8,11-13,18H,6,9-10H2,1H3,(H3,27,28)(H,31,32,34). The molecule has 2 aromatic carbocycles. The predicted octanol–water partition coefficient (Wildman–Crippen LogP) is 2.51. The lowest BCUT2D eigenvalue weighted by molar-refractivity contribution is 0.260. The molecule has 36 heavy (non-hydrogen) atoms. The van der Waals surface area contributed by atoms with E-state index in [9.17, 15) is 9.18 Å². The van der Waals surface area contributed by atoms with Crippen LogP contribution in [0.3, 0.4) is 0 Å². The molecule has 2 aromatic heterocycles. The van der Waals surface area contributed by atoms with Crippen molar-refractivity contribution in [3.8, 4) is 17.3 Å². The van der Waals surface area contributed by atoms with Crippen LogP contribution >= 0.6 is 0 Å². The van der Waals surface area contributed by atoms with Crippen molar-refractivity contribution in [2.75, 3.05) is 20.4 Å². The van der Waals surface area contributed by atoms with Gasteiger partial charge >= 0.3 is 5.69 Å². The molecule has 0 aliphatic carbocycles. The maximum absolute atomic E-state index is 15.7. The lowest BCUT2D eigenvalue weighted by atomic mass is 9.90. The smallest absolute Gasteiger partial charge is 0.349 e. The van der Waals surface area contributed by atoms with Gasteiger partial charge < -0.3 is 15.2 Å². The van der Waals surface area contributed by atoms with Gasteiger partial charge in [-0.3, -0.25) is 15.4 Å². The fourth-order valence-corrected chi connectivity index (χ4v) is 3.68. The van der Waals surface area contributed by atoms with E-state index >= 15 is 4.39 Å². The molecule has 1 unspecified atom stereocenters. The van der Waals surface area contributed by atoms with Crippen LogP contribution in [0.4, 0.5) is 8.78 Å². The van der Waals surface area contributed by atoms with Crippen molar-refractivity contribution in [3.63, 3.8) is 0 Å². The van der Waals surface area contributed by atoms with Gasteiger partial charge in [0.2, 0.25) is 0 Å². The molecule has 10 nitrogen and oxygen atoms in total. The molecule has 0 radical (unpaired) electrons. The van der Waals surface area contributed by atoms with Crippen LogP contribution in [0.15, 0.2) is 59.8 Å². The van der Waals surface area contributed by atoms with E-state index in [1.807, 2.05) is 0 Å². The molecule has 12 heteroatoms. The zero-order chi connectivity index (χ0) is 25.7. The Labute approximate surface area is 204 Å². The number of nitrogens with one attached hydrogen (secondary N) is 2. The number of ether oxygens (including phenoxy) is 2. The van der Waals surface area contributed by atoms with Gasteiger partial charge in [0.05, 0.1) is 19.2 Å². The second-order valence-electron chi connectivity index (χ2n) is 7.72. The first-order valence-electron chi connectivity index (χ1n) is 10.9. The molecule has 0 spiro atoms. The summed E-state index contributed by atoms with van der Waals surface area (Å²) in [4.78, 5) is 23.5. The Morgan fingerprint density at radius 2 is 2.03 bits per heavy atom. The summed E-state index contributed by atoms with van der Waals surface area (Å²) in [5, 5.41) is 12.0. The third kappa shape index (κ3) is 5.22. The van der Waals surface area contributed by atoms with Gasteiger partial charge in [-0.15, -0.1) is 5.10 Å². The molecule has 1 atom stereocenters. The molecule has 0 aliphatic rings. The number of aromatic amines is 1. The second kappa shape index (κ2) is 10.8. The number of H-pyrrole nitrogens is 1. The Morgan fingerprint density at radius 1 is 1.25 bits per heavy atom. The number of nitrogens with zero attached hydrogens (tertiary/aromatic N) is 4. The maximum atomic E-state index is 15.7. The van der Waals surface area contributed by atoms with Gasteiger partial charge in [0.25, 0.3) is 0 Å². The number of methoxy groups -OCH3 is 1. The molecule has 0 bridgehead atoms. The lowest BCUT2D eigenvalue weighted by Gasteiger charge is -2.19. The van der Waals surface area contributed by atoms with Crippen molar-refractivity contribution < 1.29 is 18.3 Å². The summed E-state index contributed by atoms with van der Waals surface area (Å²) in [6, 6.07) is 9.65. The summed E-state index contributed by atoms with van der Waals surface area (Å²) < 4.78 is 40.0. The second-order valence-corrected chi connectivity index (χ2v) is 7.72. The monoisotopic (exact) mass is 495 g/mol. The van der Waals surface area contributed by atoms with E-state index in [-0.39, 0.29) is 47.6 Å². The van der Waals surface area contributed by atoms with Crippen LogP contribution in [0.1, 0.15) is 28.4 Å². The summed E-state index contributed by atoms with van der Waals surface area (Å²) in [7, 11) is 1.41. The van der Waals surface area contributed by atoms with Crippen LogP contribution in [0, 0.1) is 11.2 Å². The number of amidine groups is 1. The summed E-state index contributed by atoms with van der Waals surface area (Å²) in [6.07, 6.45) is 4.45. The number of nitrogen functional groups attached to an aromatic ring is 1. The number of halogens is 2. The van der Waals surface area contributed by atoms with Crippen molar-refractivity contribution in [1.82, 2.24) is 24.7 Å². The Morgan fingerprint density at radius 3 is 2.67 bits per heavy atom. The lowest BCUT2D eigenvalue weighted by Crippen LogP contribution is -2.17. The van der Waals surface area contributed by atoms with Crippen molar-refractivity contribution >= 4 is 5.84 Å². The molecule has 4 aromatic rings. The van der Waals surface area contributed by atoms with Crippen LogP contribution in [0.2, 0.25) is 0 Å². The minimum Gasteiger partial charge on any atom is -0.497 e. The first kappa shape index (κ1) is 24.5. The highest BCUT2D eigenvalue weighted by Gasteiger charge is 2.27. The first-order chi connectivity index (χ1) is 17.4. The third-order valence-corrected chi connectivity index (χ3v) is 5.42. The predicted molar refractivity (Wildman–Crippen MR) is 127 cm³/mol. The molecule has 4 rings (SSSR count). The Hall–Kier alpha value is -4.61. The van der Waals surface area contributed by atoms with E-state index in [2.05, 4.69) is 20.1 Å². The number of rotatable bonds is 10. The number of alkyl halides is 1. The molecule has 0 amide bonds. The average Bonchev–Trinajstić information content (AvgIpc) is 3.28. The highest BCUT2D eigenvalue weighted by Crippen LogP contribution is 2.36. The zero-order valence-corrected chi connectivity index (χ0v) is 19.2. The molecule has 0 fully saturated rings. The highest BCUT2D eigenvalue weighted by atomic mass is 19.1. The van der Waals surface area contributed by atoms with E-state index in [0.29, 0.717) is 5.56 Å². The van der Waals surface area contributed by atoms with E-state index in [1.54, 1.807) is 24.3 Å². The number of aromatic nitrogens is 5. The molecule has 0 saturated carbocycles. The average molecular weight is 495 g/mol. The van der Waals surface area contributed by atoms with Crippen molar-refractivity contribution in [2.24, 2.45) is 5.73 Å². The van der Waals surface area contributed by atoms with E-state index in [4.69, 9.17) is 20.6 Å². The molecular weight excluding hydrogens is 472 g/mol. The van der Waals surface area contributed by atoms with Crippen LogP contribution in [0.5, 0.6) is 11.5 Å². The molecule has 186 valence electrons. The Kier molecular flexibility index (Phi) is 7.33. The van der Waals surface area contributed by atoms with E-state index in [0.717, 1.165) is 10.2 Å². The Balaban J connectivity index is 1.84. The summed E-state index contributed by atoms with van der Waals surface area (Å²) in [5.41, 5.74) is 6.38. The third-order valence-electron chi connectivity index (χ3n) is 5.42. The highest BCUT2D eigenvalue weighted by molar-refractivity contribution is 5.94. The first-order valence-corrected chi connectivity index (χ1v) is 10.9. The van der Waals surface area contributed by atoms with Crippen molar-refractivity contribution in [3.05, 3.63) is 93.8 Å². The van der Waals surface area contributed by atoms with Crippen LogP contribution in [-0.4, -0.2) is 51.0 Å². The molecular formula is C24H23F2N7O3. The molecule has 0 aliphatic heterocycles. The van der Waals surface area contributed by atoms with Crippen LogP contribution in [-0.2, 0) is 6.42 Å². The molecule has 0 saturated heterocycles. The van der Waals surface area contributed by atoms with Crippen LogP contribution < -0.4 is 20.9 Å². The number of hydrogen-bond donors (Lipinski definition) is 3. The largest absolute Gasteiger partial charge is 0.497 e. The molecule has 4 N–H and O–H groups in total. The van der Waals surface area contributed by atoms with Gasteiger partial charge in [0, 0.05) is 29.6 Å². The number of nitrogens with two attached hydrogens (primary N) is 1. The number of hydrogen-bond acceptors (Lipinski definition) is 7. The van der Waals surface area contributed by atoms with E-state index < -0.39 is 24.1 Å². The van der Waals surface area contributed by atoms with Gasteiger partial charge in [-0.2, -0.15) is 4.68 Å². The normalized spacial score (nSPS) is 11.8. The number of benzene rings is 2. The minimum absolute atomic E-state index is 0.0846. The molecule has 2 heterocycles. The Bertz CT molecular complexity index is 1410. The topological polar surface area (TPSA) is 145 Å². The fourth-order valence-electron chi connectivity index (χ4n) is 3.68. The van der Waals surface area contributed by atoms with Gasteiger partial charge in [-0.05, 0) is 18.1 Å². The van der Waals surface area contributed by atoms with E-state index in [1.165, 1.54) is 37.8 Å². The summed E-state index contributed by atoms with van der Waals surface area (Å²) >= 11 is 0. The van der Waals surface area contributed by atoms with Gasteiger partial charge in [0.1, 0.15) is 30.7 Å². The quantitative estimate of drug-likeness (QED) is 0.226. The SMILES string of the molecule is COc1cc(OCCF)c(F)c(C(Cc2ccc(C(=N)N)cc2)c2nn(-c3cnccn3)c(=O)[nH]2)c1. The minimum atomic E-state index is -0.804. The fraction of sp³-hybridized carbons (Fsp3) is 0.208. The van der Waals surface area contributed by atoms with Crippen LogP contribution in [0.25, 0.3) is 5.82 Å².